The number of rotatable bonds is 4. The molecule has 0 aliphatic heterocycles. The van der Waals surface area contributed by atoms with E-state index in [1.807, 2.05) is 62.4 Å². The summed E-state index contributed by atoms with van der Waals surface area (Å²) < 4.78 is 0. The molecule has 0 unspecified atom stereocenters. The molecule has 32 heavy (non-hydrogen) atoms. The first kappa shape index (κ1) is 23.4. The largest absolute Gasteiger partial charge is 0.368 e. The first-order valence-corrected chi connectivity index (χ1v) is 10.3. The molecule has 164 valence electrons. The van der Waals surface area contributed by atoms with Crippen molar-refractivity contribution in [3.63, 3.8) is 0 Å². The predicted octanol–water partition coefficient (Wildman–Crippen LogP) is 5.39. The Morgan fingerprint density at radius 2 is 0.938 bits per heavy atom. The molecule has 4 aromatic rings. The smallest absolute Gasteiger partial charge is 0.233 e. The highest BCUT2D eigenvalue weighted by Gasteiger charge is 2.03. The van der Waals surface area contributed by atoms with Crippen LogP contribution < -0.4 is 16.4 Å². The summed E-state index contributed by atoms with van der Waals surface area (Å²) in [5.41, 5.74) is 9.54. The van der Waals surface area contributed by atoms with Crippen molar-refractivity contribution in [1.29, 1.82) is 0 Å². The van der Waals surface area contributed by atoms with E-state index in [1.165, 1.54) is 11.1 Å². The van der Waals surface area contributed by atoms with Gasteiger partial charge < -0.3 is 16.4 Å². The van der Waals surface area contributed by atoms with E-state index in [0.717, 1.165) is 11.4 Å². The van der Waals surface area contributed by atoms with E-state index >= 15 is 0 Å². The molecule has 0 bridgehead atoms. The fourth-order valence-electron chi connectivity index (χ4n) is 2.34. The summed E-state index contributed by atoms with van der Waals surface area (Å²) in [7, 11) is 0. The standard InChI is InChI=1S/C10H8Cl2N4.C10H10ClN5/c2*1-6-2-4-7(5-3-6)13-10-15-8(11)14-9(12)16-10/h2-5H,1H3,(H,13,14,15,16);2-5H,1H3,(H3,12,13,14,15,16). The van der Waals surface area contributed by atoms with Crippen LogP contribution in [-0.4, -0.2) is 29.9 Å². The Hall–Kier alpha value is -3.27. The quantitative estimate of drug-likeness (QED) is 0.345. The summed E-state index contributed by atoms with van der Waals surface area (Å²) in [5, 5.41) is 6.17. The number of nitrogens with two attached hydrogens (primary N) is 1. The molecule has 2 aromatic carbocycles. The molecule has 0 aliphatic carbocycles. The zero-order chi connectivity index (χ0) is 23.1. The molecule has 2 heterocycles. The van der Waals surface area contributed by atoms with Crippen molar-refractivity contribution in [2.24, 2.45) is 0 Å². The number of nitrogens with one attached hydrogen (secondary N) is 2. The zero-order valence-electron chi connectivity index (χ0n) is 17.0. The summed E-state index contributed by atoms with van der Waals surface area (Å²) >= 11 is 17.0. The van der Waals surface area contributed by atoms with Gasteiger partial charge in [-0.25, -0.2) is 0 Å². The zero-order valence-corrected chi connectivity index (χ0v) is 19.3. The van der Waals surface area contributed by atoms with Crippen LogP contribution in [0, 0.1) is 13.8 Å². The van der Waals surface area contributed by atoms with Crippen LogP contribution in [0.5, 0.6) is 0 Å². The van der Waals surface area contributed by atoms with E-state index in [4.69, 9.17) is 40.5 Å². The van der Waals surface area contributed by atoms with Gasteiger partial charge in [-0.15, -0.1) is 0 Å². The minimum absolute atomic E-state index is 0.0645. The van der Waals surface area contributed by atoms with Gasteiger partial charge in [0.05, 0.1) is 0 Å². The second kappa shape index (κ2) is 10.9. The topological polar surface area (TPSA) is 127 Å². The summed E-state index contributed by atoms with van der Waals surface area (Å²) in [6.45, 7) is 4.03. The van der Waals surface area contributed by atoms with Crippen molar-refractivity contribution in [2.75, 3.05) is 16.4 Å². The molecule has 4 N–H and O–H groups in total. The van der Waals surface area contributed by atoms with Crippen LogP contribution in [0.4, 0.5) is 29.2 Å². The highest BCUT2D eigenvalue weighted by atomic mass is 35.5. The Kier molecular flexibility index (Phi) is 7.93. The average Bonchev–Trinajstić information content (AvgIpc) is 2.71. The Morgan fingerprint density at radius 3 is 1.34 bits per heavy atom. The number of aryl methyl sites for hydroxylation is 2. The molecule has 0 saturated carbocycles. The van der Waals surface area contributed by atoms with Gasteiger partial charge in [0.2, 0.25) is 33.7 Å². The van der Waals surface area contributed by atoms with Crippen LogP contribution in [0.25, 0.3) is 0 Å². The number of hydrogen-bond acceptors (Lipinski definition) is 9. The molecule has 0 amide bonds. The first-order valence-electron chi connectivity index (χ1n) is 9.18. The number of anilines is 5. The van der Waals surface area contributed by atoms with E-state index in [0.29, 0.717) is 11.9 Å². The molecule has 0 fully saturated rings. The number of benzene rings is 2. The van der Waals surface area contributed by atoms with E-state index < -0.39 is 0 Å². The molecule has 0 radical (unpaired) electrons. The Balaban J connectivity index is 0.000000181. The van der Waals surface area contributed by atoms with Crippen molar-refractivity contribution in [2.45, 2.75) is 13.8 Å². The summed E-state index contributed by atoms with van der Waals surface area (Å²) in [4.78, 5) is 22.9. The molecule has 0 atom stereocenters. The monoisotopic (exact) mass is 489 g/mol. The fraction of sp³-hybridized carbons (Fsp3) is 0.100. The second-order valence-electron chi connectivity index (χ2n) is 6.47. The number of hydrogen-bond donors (Lipinski definition) is 3. The molecule has 0 spiro atoms. The van der Waals surface area contributed by atoms with Gasteiger partial charge in [0.25, 0.3) is 0 Å². The van der Waals surface area contributed by atoms with Crippen molar-refractivity contribution in [3.8, 4) is 0 Å². The molecule has 9 nitrogen and oxygen atoms in total. The van der Waals surface area contributed by atoms with Crippen LogP contribution in [0.15, 0.2) is 48.5 Å². The molecule has 0 aliphatic rings. The molecule has 2 aromatic heterocycles. The minimum Gasteiger partial charge on any atom is -0.368 e. The van der Waals surface area contributed by atoms with Crippen molar-refractivity contribution in [3.05, 3.63) is 75.5 Å². The lowest BCUT2D eigenvalue weighted by Crippen LogP contribution is -2.03. The van der Waals surface area contributed by atoms with Crippen LogP contribution in [0.1, 0.15) is 11.1 Å². The third-order valence-corrected chi connectivity index (χ3v) is 4.33. The van der Waals surface area contributed by atoms with E-state index in [1.54, 1.807) is 0 Å². The number of aromatic nitrogens is 6. The van der Waals surface area contributed by atoms with Gasteiger partial charge in [-0.3, -0.25) is 0 Å². The number of nitrogens with zero attached hydrogens (tertiary/aromatic N) is 6. The van der Waals surface area contributed by atoms with Crippen LogP contribution in [0.2, 0.25) is 15.9 Å². The SMILES string of the molecule is Cc1ccc(Nc2nc(Cl)nc(Cl)n2)cc1.Cc1ccc(Nc2nc(N)nc(Cl)n2)cc1. The minimum atomic E-state index is 0.0645. The van der Waals surface area contributed by atoms with Crippen molar-refractivity contribution >= 4 is 64.0 Å². The Labute approximate surface area is 199 Å². The lowest BCUT2D eigenvalue weighted by Gasteiger charge is -2.05. The van der Waals surface area contributed by atoms with Gasteiger partial charge >= 0.3 is 0 Å². The summed E-state index contributed by atoms with van der Waals surface area (Å²) in [6.07, 6.45) is 0. The van der Waals surface area contributed by atoms with Gasteiger partial charge in [0, 0.05) is 11.4 Å². The van der Waals surface area contributed by atoms with Crippen LogP contribution in [-0.2, 0) is 0 Å². The molecular formula is C20H18Cl3N9. The van der Waals surface area contributed by atoms with Gasteiger partial charge in [0.1, 0.15) is 0 Å². The maximum absolute atomic E-state index is 5.66. The Bertz CT molecular complexity index is 1050. The van der Waals surface area contributed by atoms with Crippen molar-refractivity contribution < 1.29 is 0 Å². The Morgan fingerprint density at radius 1 is 0.562 bits per heavy atom. The first-order chi connectivity index (χ1) is 15.3. The van der Waals surface area contributed by atoms with Gasteiger partial charge in [-0.05, 0) is 72.9 Å². The number of halogens is 3. The molecule has 4 rings (SSSR count). The summed E-state index contributed by atoms with van der Waals surface area (Å²) in [5.74, 6) is 0.754. The molecule has 12 heteroatoms. The summed E-state index contributed by atoms with van der Waals surface area (Å²) in [6, 6.07) is 15.6. The molecular weight excluding hydrogens is 473 g/mol. The number of nitrogen functional groups attached to an aromatic ring is 1. The predicted molar refractivity (Wildman–Crippen MR) is 128 cm³/mol. The average molecular weight is 491 g/mol. The highest BCUT2D eigenvalue weighted by molar-refractivity contribution is 6.31. The van der Waals surface area contributed by atoms with E-state index in [-0.39, 0.29) is 21.8 Å². The second-order valence-corrected chi connectivity index (χ2v) is 7.48. The van der Waals surface area contributed by atoms with Gasteiger partial charge in [-0.1, -0.05) is 35.4 Å². The third-order valence-electron chi connectivity index (χ3n) is 3.82. The maximum atomic E-state index is 5.66. The maximum Gasteiger partial charge on any atom is 0.233 e. The molecule has 0 saturated heterocycles. The van der Waals surface area contributed by atoms with Gasteiger partial charge in [-0.2, -0.15) is 29.9 Å². The van der Waals surface area contributed by atoms with E-state index in [2.05, 4.69) is 40.5 Å². The van der Waals surface area contributed by atoms with Gasteiger partial charge in [0.15, 0.2) is 0 Å². The normalized spacial score (nSPS) is 10.2. The fourth-order valence-corrected chi connectivity index (χ4v) is 2.87. The lowest BCUT2D eigenvalue weighted by atomic mass is 10.2. The van der Waals surface area contributed by atoms with Crippen LogP contribution >= 0.6 is 34.8 Å². The lowest BCUT2D eigenvalue weighted by molar-refractivity contribution is 1.05. The van der Waals surface area contributed by atoms with Crippen LogP contribution in [0.3, 0.4) is 0 Å². The van der Waals surface area contributed by atoms with E-state index in [9.17, 15) is 0 Å². The third kappa shape index (κ3) is 7.45. The van der Waals surface area contributed by atoms with Crippen molar-refractivity contribution in [1.82, 2.24) is 29.9 Å². The highest BCUT2D eigenvalue weighted by Crippen LogP contribution is 2.17.